The molecule has 0 bridgehead atoms. The lowest BCUT2D eigenvalue weighted by atomic mass is 10.2. The van der Waals surface area contributed by atoms with Gasteiger partial charge in [-0.05, 0) is 20.0 Å². The van der Waals surface area contributed by atoms with Gasteiger partial charge in [0, 0.05) is 38.8 Å². The van der Waals surface area contributed by atoms with Gasteiger partial charge in [0.25, 0.3) is 0 Å². The van der Waals surface area contributed by atoms with Gasteiger partial charge in [0.15, 0.2) is 0 Å². The zero-order chi connectivity index (χ0) is 8.39. The van der Waals surface area contributed by atoms with Gasteiger partial charge in [-0.3, -0.25) is 4.90 Å². The third-order valence-electron chi connectivity index (χ3n) is 3.03. The first-order valence-electron chi connectivity index (χ1n) is 4.99. The molecule has 0 radical (unpaired) electrons. The van der Waals surface area contributed by atoms with Gasteiger partial charge in [-0.2, -0.15) is 0 Å². The predicted octanol–water partition coefficient (Wildman–Crippen LogP) is -0.404. The van der Waals surface area contributed by atoms with E-state index in [9.17, 15) is 0 Å². The summed E-state index contributed by atoms with van der Waals surface area (Å²) in [5, 5.41) is 3.39. The van der Waals surface area contributed by atoms with Crippen LogP contribution < -0.4 is 5.32 Å². The van der Waals surface area contributed by atoms with Gasteiger partial charge >= 0.3 is 0 Å². The maximum Gasteiger partial charge on any atom is 0.0236 e. The van der Waals surface area contributed by atoms with Crippen LogP contribution in [-0.2, 0) is 0 Å². The molecule has 2 rings (SSSR count). The summed E-state index contributed by atoms with van der Waals surface area (Å²) in [5.41, 5.74) is 0. The zero-order valence-electron chi connectivity index (χ0n) is 7.92. The zero-order valence-corrected chi connectivity index (χ0v) is 7.92. The minimum atomic E-state index is 0.845. The van der Waals surface area contributed by atoms with Crippen LogP contribution in [0.15, 0.2) is 0 Å². The van der Waals surface area contributed by atoms with Crippen molar-refractivity contribution in [2.75, 3.05) is 46.3 Å². The van der Waals surface area contributed by atoms with Crippen LogP contribution in [0.1, 0.15) is 6.42 Å². The van der Waals surface area contributed by atoms with Gasteiger partial charge in [0.05, 0.1) is 0 Å². The van der Waals surface area contributed by atoms with Gasteiger partial charge in [0.2, 0.25) is 0 Å². The lowest BCUT2D eigenvalue weighted by Crippen LogP contribution is -2.49. The van der Waals surface area contributed by atoms with Crippen LogP contribution in [0.3, 0.4) is 0 Å². The van der Waals surface area contributed by atoms with Crippen molar-refractivity contribution >= 4 is 0 Å². The molecule has 0 aromatic heterocycles. The van der Waals surface area contributed by atoms with Crippen LogP contribution in [0.4, 0.5) is 0 Å². The quantitative estimate of drug-likeness (QED) is 0.576. The number of rotatable bonds is 1. The Morgan fingerprint density at radius 2 is 1.92 bits per heavy atom. The van der Waals surface area contributed by atoms with Crippen molar-refractivity contribution in [3.05, 3.63) is 0 Å². The Bertz CT molecular complexity index is 140. The number of likely N-dealkylation sites (tertiary alicyclic amines) is 1. The number of nitrogens with one attached hydrogen (secondary N) is 1. The van der Waals surface area contributed by atoms with E-state index in [-0.39, 0.29) is 0 Å². The van der Waals surface area contributed by atoms with Gasteiger partial charge in [-0.25, -0.2) is 0 Å². The van der Waals surface area contributed by atoms with Crippen molar-refractivity contribution in [3.8, 4) is 0 Å². The highest BCUT2D eigenvalue weighted by atomic mass is 15.3. The Morgan fingerprint density at radius 3 is 2.50 bits per heavy atom. The van der Waals surface area contributed by atoms with Gasteiger partial charge in [0.1, 0.15) is 0 Å². The van der Waals surface area contributed by atoms with E-state index in [1.165, 1.54) is 45.7 Å². The molecule has 2 saturated heterocycles. The van der Waals surface area contributed by atoms with Crippen LogP contribution in [-0.4, -0.2) is 62.2 Å². The first-order chi connectivity index (χ1) is 5.86. The molecule has 2 aliphatic heterocycles. The smallest absolute Gasteiger partial charge is 0.0236 e. The van der Waals surface area contributed by atoms with Crippen molar-refractivity contribution in [3.63, 3.8) is 0 Å². The van der Waals surface area contributed by atoms with Crippen LogP contribution in [0.2, 0.25) is 0 Å². The molecular weight excluding hydrogens is 150 g/mol. The molecule has 0 aromatic carbocycles. The van der Waals surface area contributed by atoms with Gasteiger partial charge in [-0.1, -0.05) is 0 Å². The van der Waals surface area contributed by atoms with E-state index < -0.39 is 0 Å². The van der Waals surface area contributed by atoms with Crippen molar-refractivity contribution in [2.24, 2.45) is 0 Å². The first-order valence-corrected chi connectivity index (χ1v) is 4.99. The van der Waals surface area contributed by atoms with Crippen molar-refractivity contribution < 1.29 is 0 Å². The molecule has 2 aliphatic rings. The second-order valence-corrected chi connectivity index (χ2v) is 3.99. The summed E-state index contributed by atoms with van der Waals surface area (Å²) in [7, 11) is 2.22. The summed E-state index contributed by atoms with van der Waals surface area (Å²) in [5.74, 6) is 0. The summed E-state index contributed by atoms with van der Waals surface area (Å²) >= 11 is 0. The lowest BCUT2D eigenvalue weighted by Gasteiger charge is -2.32. The van der Waals surface area contributed by atoms with E-state index in [2.05, 4.69) is 22.2 Å². The Labute approximate surface area is 74.7 Å². The molecule has 0 spiro atoms. The maximum atomic E-state index is 3.39. The summed E-state index contributed by atoms with van der Waals surface area (Å²) in [6.45, 7) is 7.42. The number of nitrogens with zero attached hydrogens (tertiary/aromatic N) is 2. The Hall–Kier alpha value is -0.120. The van der Waals surface area contributed by atoms with Crippen molar-refractivity contribution in [1.29, 1.82) is 0 Å². The van der Waals surface area contributed by atoms with Crippen molar-refractivity contribution in [2.45, 2.75) is 12.5 Å². The minimum Gasteiger partial charge on any atom is -0.314 e. The molecule has 70 valence electrons. The predicted molar refractivity (Wildman–Crippen MR) is 50.3 cm³/mol. The van der Waals surface area contributed by atoms with Crippen LogP contribution in [0, 0.1) is 0 Å². The molecule has 2 fully saturated rings. The standard InChI is InChI=1S/C9H19N3/c1-11-5-2-9(8-11)12-6-3-10-4-7-12/h9-10H,2-8H2,1H3/t9-/m0/s1. The van der Waals surface area contributed by atoms with Crippen LogP contribution in [0.25, 0.3) is 0 Å². The molecule has 0 unspecified atom stereocenters. The third-order valence-corrected chi connectivity index (χ3v) is 3.03. The number of hydrogen-bond acceptors (Lipinski definition) is 3. The number of piperazine rings is 1. The van der Waals surface area contributed by atoms with Crippen LogP contribution >= 0.6 is 0 Å². The summed E-state index contributed by atoms with van der Waals surface area (Å²) in [6, 6.07) is 0.845. The fourth-order valence-electron chi connectivity index (χ4n) is 2.26. The molecule has 1 N–H and O–H groups in total. The topological polar surface area (TPSA) is 18.5 Å². The van der Waals surface area contributed by atoms with E-state index >= 15 is 0 Å². The highest BCUT2D eigenvalue weighted by Crippen LogP contribution is 2.13. The van der Waals surface area contributed by atoms with E-state index in [1.807, 2.05) is 0 Å². The minimum absolute atomic E-state index is 0.845. The largest absolute Gasteiger partial charge is 0.314 e. The third kappa shape index (κ3) is 1.79. The molecule has 1 atom stereocenters. The fourth-order valence-corrected chi connectivity index (χ4v) is 2.26. The Kier molecular flexibility index (Phi) is 2.63. The van der Waals surface area contributed by atoms with Crippen LogP contribution in [0.5, 0.6) is 0 Å². The van der Waals surface area contributed by atoms with E-state index in [0.29, 0.717) is 0 Å². The molecule has 0 amide bonds. The van der Waals surface area contributed by atoms with Gasteiger partial charge < -0.3 is 10.2 Å². The highest BCUT2D eigenvalue weighted by Gasteiger charge is 2.25. The SMILES string of the molecule is CN1CC[C@H](N2CCNCC2)C1. The lowest BCUT2D eigenvalue weighted by molar-refractivity contribution is 0.175. The average Bonchev–Trinajstić information content (AvgIpc) is 2.54. The Balaban J connectivity index is 1.83. The summed E-state index contributed by atoms with van der Waals surface area (Å²) < 4.78 is 0. The molecule has 0 aromatic rings. The Morgan fingerprint density at radius 1 is 1.17 bits per heavy atom. The number of hydrogen-bond donors (Lipinski definition) is 1. The second kappa shape index (κ2) is 3.73. The first kappa shape index (κ1) is 8.48. The monoisotopic (exact) mass is 169 g/mol. The highest BCUT2D eigenvalue weighted by molar-refractivity contribution is 4.83. The summed E-state index contributed by atoms with van der Waals surface area (Å²) in [6.07, 6.45) is 1.37. The normalized spacial score (nSPS) is 34.2. The van der Waals surface area contributed by atoms with E-state index in [1.54, 1.807) is 0 Å². The van der Waals surface area contributed by atoms with E-state index in [0.717, 1.165) is 6.04 Å². The molecule has 12 heavy (non-hydrogen) atoms. The number of likely N-dealkylation sites (N-methyl/N-ethyl adjacent to an activating group) is 1. The molecule has 2 heterocycles. The fraction of sp³-hybridized carbons (Fsp3) is 1.00. The molecule has 3 heteroatoms. The van der Waals surface area contributed by atoms with Crippen molar-refractivity contribution in [1.82, 2.24) is 15.1 Å². The second-order valence-electron chi connectivity index (χ2n) is 3.99. The molecule has 0 saturated carbocycles. The molecule has 0 aliphatic carbocycles. The van der Waals surface area contributed by atoms with E-state index in [4.69, 9.17) is 0 Å². The van der Waals surface area contributed by atoms with Gasteiger partial charge in [-0.15, -0.1) is 0 Å². The molecule has 3 nitrogen and oxygen atoms in total. The average molecular weight is 169 g/mol. The maximum absolute atomic E-state index is 3.39. The summed E-state index contributed by atoms with van der Waals surface area (Å²) in [4.78, 5) is 5.08. The molecular formula is C9H19N3.